The molecule has 0 amide bonds. The highest BCUT2D eigenvalue weighted by atomic mass is 32.2. The zero-order valence-electron chi connectivity index (χ0n) is 11.4. The van der Waals surface area contributed by atoms with Crippen molar-refractivity contribution in [1.29, 1.82) is 0 Å². The van der Waals surface area contributed by atoms with E-state index in [9.17, 15) is 26.3 Å². The molecular weight excluding hydrogens is 338 g/mol. The molecule has 1 aliphatic rings. The van der Waals surface area contributed by atoms with Crippen LogP contribution in [0.5, 0.6) is 0 Å². The number of thioether (sulfide) groups is 1. The number of rotatable bonds is 3. The lowest BCUT2D eigenvalue weighted by atomic mass is 10.1. The van der Waals surface area contributed by atoms with Crippen molar-refractivity contribution < 1.29 is 31.2 Å². The molecule has 0 fully saturated rings. The van der Waals surface area contributed by atoms with Crippen LogP contribution < -0.4 is 5.48 Å². The van der Waals surface area contributed by atoms with Crippen LogP contribution in [0, 0.1) is 0 Å². The predicted octanol–water partition coefficient (Wildman–Crippen LogP) is 3.07. The molecule has 22 heavy (non-hydrogen) atoms. The number of nitrogens with zero attached hydrogens (tertiary/aromatic N) is 3. The second-order valence-electron chi connectivity index (χ2n) is 4.86. The fourth-order valence-corrected chi connectivity index (χ4v) is 2.48. The Morgan fingerprint density at radius 2 is 1.68 bits per heavy atom. The van der Waals surface area contributed by atoms with Gasteiger partial charge in [-0.3, -0.25) is 10.3 Å². The van der Waals surface area contributed by atoms with E-state index in [4.69, 9.17) is 4.84 Å². The van der Waals surface area contributed by atoms with E-state index in [0.717, 1.165) is 7.05 Å². The van der Waals surface area contributed by atoms with Crippen LogP contribution in [-0.2, 0) is 23.3 Å². The van der Waals surface area contributed by atoms with Gasteiger partial charge in [-0.1, -0.05) is 0 Å². The molecule has 124 valence electrons. The molecule has 0 atom stereocenters. The maximum Gasteiger partial charge on any atom is 0.437 e. The largest absolute Gasteiger partial charge is 0.437 e. The molecule has 0 bridgehead atoms. The van der Waals surface area contributed by atoms with Gasteiger partial charge in [-0.2, -0.15) is 31.8 Å². The number of halogens is 6. The quantitative estimate of drug-likeness (QED) is 0.851. The van der Waals surface area contributed by atoms with E-state index >= 15 is 0 Å². The zero-order valence-corrected chi connectivity index (χ0v) is 12.2. The number of hydrogen-bond acceptors (Lipinski definition) is 5. The van der Waals surface area contributed by atoms with Crippen molar-refractivity contribution in [3.63, 3.8) is 0 Å². The van der Waals surface area contributed by atoms with Gasteiger partial charge in [-0.15, -0.1) is 5.10 Å². The molecule has 0 spiro atoms. The average molecular weight is 348 g/mol. The Hall–Kier alpha value is -1.43. The van der Waals surface area contributed by atoms with Crippen LogP contribution in [0.4, 0.5) is 26.3 Å². The number of aromatic nitrogens is 3. The first-order valence-electron chi connectivity index (χ1n) is 5.74. The van der Waals surface area contributed by atoms with Crippen molar-refractivity contribution >= 4 is 11.8 Å². The maximum absolute atomic E-state index is 14.1. The average Bonchev–Trinajstić information content (AvgIpc) is 2.85. The van der Waals surface area contributed by atoms with E-state index in [0.29, 0.717) is 4.80 Å². The topological polar surface area (TPSA) is 52.0 Å². The summed E-state index contributed by atoms with van der Waals surface area (Å²) < 4.78 is 80.2. The summed E-state index contributed by atoms with van der Waals surface area (Å²) in [6.07, 6.45) is -5.11. The van der Waals surface area contributed by atoms with E-state index in [2.05, 4.69) is 10.2 Å². The van der Waals surface area contributed by atoms with E-state index in [1.807, 2.05) is 5.48 Å². The Kier molecular flexibility index (Phi) is 3.88. The highest BCUT2D eigenvalue weighted by Gasteiger charge is 2.50. The Morgan fingerprint density at radius 1 is 1.14 bits per heavy atom. The summed E-state index contributed by atoms with van der Waals surface area (Å²) in [5.74, 6) is -1.05. The minimum Gasteiger partial charge on any atom is -0.262 e. The van der Waals surface area contributed by atoms with Crippen LogP contribution in [0.1, 0.15) is 25.2 Å². The molecule has 0 radical (unpaired) electrons. The summed E-state index contributed by atoms with van der Waals surface area (Å²) in [6, 6.07) is 0. The fourth-order valence-electron chi connectivity index (χ4n) is 1.57. The number of hydroxylamine groups is 1. The molecule has 2 rings (SSSR count). The van der Waals surface area contributed by atoms with Crippen LogP contribution in [0.3, 0.4) is 0 Å². The summed E-state index contributed by atoms with van der Waals surface area (Å²) in [6.45, 7) is 2.54. The smallest absolute Gasteiger partial charge is 0.262 e. The second-order valence-corrected chi connectivity index (χ2v) is 5.99. The van der Waals surface area contributed by atoms with Crippen molar-refractivity contribution in [1.82, 2.24) is 20.5 Å². The van der Waals surface area contributed by atoms with Crippen LogP contribution >= 0.6 is 11.8 Å². The summed E-state index contributed by atoms with van der Waals surface area (Å²) >= 11 is -0.464. The lowest BCUT2D eigenvalue weighted by Crippen LogP contribution is -2.23. The first-order chi connectivity index (χ1) is 9.84. The lowest BCUT2D eigenvalue weighted by molar-refractivity contribution is -0.143. The maximum atomic E-state index is 14.1. The van der Waals surface area contributed by atoms with Gasteiger partial charge in [0, 0.05) is 7.05 Å². The highest BCUT2D eigenvalue weighted by Crippen LogP contribution is 2.49. The number of nitrogens with one attached hydrogen (secondary N) is 1. The number of hydrogen-bond donors (Lipinski definition) is 1. The SMILES string of the molecule is Cn1nc(C(F)(F)F)c(C(F)(F)SC2=C(F)C(C)(C)ON2)n1. The molecule has 0 aliphatic carbocycles. The highest BCUT2D eigenvalue weighted by molar-refractivity contribution is 8.03. The number of alkyl halides is 5. The molecule has 0 saturated heterocycles. The van der Waals surface area contributed by atoms with Gasteiger partial charge in [0.2, 0.25) is 0 Å². The van der Waals surface area contributed by atoms with Crippen LogP contribution in [0.25, 0.3) is 0 Å². The van der Waals surface area contributed by atoms with Gasteiger partial charge in [-0.25, -0.2) is 4.39 Å². The van der Waals surface area contributed by atoms with Crippen molar-refractivity contribution in [2.24, 2.45) is 7.05 Å². The third-order valence-electron chi connectivity index (χ3n) is 2.62. The summed E-state index contributed by atoms with van der Waals surface area (Å²) in [4.78, 5) is 5.11. The van der Waals surface area contributed by atoms with Gasteiger partial charge in [-0.05, 0) is 25.6 Å². The van der Waals surface area contributed by atoms with E-state index in [1.54, 1.807) is 0 Å². The lowest BCUT2D eigenvalue weighted by Gasteiger charge is -2.15. The van der Waals surface area contributed by atoms with Gasteiger partial charge in [0.05, 0.1) is 0 Å². The molecule has 2 heterocycles. The molecule has 0 saturated carbocycles. The summed E-state index contributed by atoms with van der Waals surface area (Å²) in [7, 11) is 0.972. The van der Waals surface area contributed by atoms with Gasteiger partial charge < -0.3 is 0 Å². The van der Waals surface area contributed by atoms with Gasteiger partial charge in [0.15, 0.2) is 17.2 Å². The van der Waals surface area contributed by atoms with E-state index in [-0.39, 0.29) is 0 Å². The molecule has 5 nitrogen and oxygen atoms in total. The number of aryl methyl sites for hydroxylation is 1. The molecule has 1 aliphatic heterocycles. The first-order valence-corrected chi connectivity index (χ1v) is 6.56. The second kappa shape index (κ2) is 5.05. The van der Waals surface area contributed by atoms with Crippen LogP contribution in [0.15, 0.2) is 10.9 Å². The Labute approximate surface area is 124 Å². The van der Waals surface area contributed by atoms with Gasteiger partial charge in [0.1, 0.15) is 10.6 Å². The third kappa shape index (κ3) is 3.02. The molecule has 0 aromatic carbocycles. The standard InChI is InChI=1S/C10H10F6N4OS/c1-8(2)4(11)7(19-21-8)22-10(15,16)6-5(9(12,13)14)17-20(3)18-6/h19H,1-3H3. The van der Waals surface area contributed by atoms with E-state index < -0.39 is 51.0 Å². The molecule has 1 aromatic rings. The fraction of sp³-hybridized carbons (Fsp3) is 0.600. The molecule has 12 heteroatoms. The van der Waals surface area contributed by atoms with Gasteiger partial charge in [0.25, 0.3) is 0 Å². The normalized spacial score (nSPS) is 18.8. The van der Waals surface area contributed by atoms with Crippen molar-refractivity contribution in [2.75, 3.05) is 0 Å². The summed E-state index contributed by atoms with van der Waals surface area (Å²) in [5, 5.41) is 1.07. The van der Waals surface area contributed by atoms with Crippen molar-refractivity contribution in [3.05, 3.63) is 22.2 Å². The molecule has 0 unspecified atom stereocenters. The first kappa shape index (κ1) is 16.9. The van der Waals surface area contributed by atoms with Crippen LogP contribution in [-0.4, -0.2) is 20.6 Å². The molecule has 1 N–H and O–H groups in total. The van der Waals surface area contributed by atoms with Gasteiger partial charge >= 0.3 is 11.4 Å². The van der Waals surface area contributed by atoms with Crippen LogP contribution in [0.2, 0.25) is 0 Å². The van der Waals surface area contributed by atoms with Crippen molar-refractivity contribution in [3.8, 4) is 0 Å². The monoisotopic (exact) mass is 348 g/mol. The minimum absolute atomic E-state index is 0.375. The molecule has 1 aromatic heterocycles. The Bertz CT molecular complexity index is 623. The predicted molar refractivity (Wildman–Crippen MR) is 63.9 cm³/mol. The minimum atomic E-state index is -5.11. The van der Waals surface area contributed by atoms with Crippen molar-refractivity contribution in [2.45, 2.75) is 30.9 Å². The van der Waals surface area contributed by atoms with E-state index in [1.165, 1.54) is 13.8 Å². The summed E-state index contributed by atoms with van der Waals surface area (Å²) in [5.41, 5.74) is -2.98. The Morgan fingerprint density at radius 3 is 2.14 bits per heavy atom. The third-order valence-corrected chi connectivity index (χ3v) is 3.53. The zero-order chi connectivity index (χ0) is 16.9. The molecular formula is C10H10F6N4OS. The Balaban J connectivity index is 2.39.